The number of methoxy groups -OCH3 is 1. The Hall–Kier alpha value is -3.28. The van der Waals surface area contributed by atoms with Crippen LogP contribution in [0.1, 0.15) is 60.6 Å². The zero-order valence-electron chi connectivity index (χ0n) is 20.5. The molecule has 1 saturated carbocycles. The van der Waals surface area contributed by atoms with Gasteiger partial charge >= 0.3 is 0 Å². The maximum absolute atomic E-state index is 14.1. The normalized spacial score (nSPS) is 20.9. The fourth-order valence-corrected chi connectivity index (χ4v) is 5.62. The molecule has 1 N–H and O–H groups in total. The van der Waals surface area contributed by atoms with Gasteiger partial charge in [0.25, 0.3) is 5.91 Å². The fourth-order valence-electron chi connectivity index (χ4n) is 5.62. The quantitative estimate of drug-likeness (QED) is 0.588. The van der Waals surface area contributed by atoms with Crippen LogP contribution in [0.4, 0.5) is 5.69 Å². The van der Waals surface area contributed by atoms with E-state index in [-0.39, 0.29) is 17.9 Å². The Morgan fingerprint density at radius 1 is 1.06 bits per heavy atom. The predicted octanol–water partition coefficient (Wildman–Crippen LogP) is 5.13. The molecule has 178 valence electrons. The molecule has 0 saturated heterocycles. The molecular formula is C28H33N3O3. The number of nitrogens with one attached hydrogen (secondary N) is 1. The number of ether oxygens (including phenoxy) is 1. The second kappa shape index (κ2) is 8.49. The number of carbonyl (C=O) groups is 2. The van der Waals surface area contributed by atoms with Gasteiger partial charge in [-0.15, -0.1) is 0 Å². The molecule has 6 heteroatoms. The van der Waals surface area contributed by atoms with E-state index < -0.39 is 5.54 Å². The van der Waals surface area contributed by atoms with Crippen LogP contribution in [-0.4, -0.2) is 35.1 Å². The Balaban J connectivity index is 1.65. The summed E-state index contributed by atoms with van der Waals surface area (Å²) in [6, 6.07) is 13.9. The first-order valence-electron chi connectivity index (χ1n) is 12.2. The Morgan fingerprint density at radius 2 is 1.82 bits per heavy atom. The van der Waals surface area contributed by atoms with Crippen LogP contribution in [0.15, 0.2) is 42.5 Å². The molecule has 0 spiro atoms. The average Bonchev–Trinajstić information content (AvgIpc) is 3.18. The summed E-state index contributed by atoms with van der Waals surface area (Å²) in [6.07, 6.45) is 5.47. The van der Waals surface area contributed by atoms with Crippen LogP contribution in [0.2, 0.25) is 0 Å². The largest absolute Gasteiger partial charge is 0.497 e. The Bertz CT molecular complexity index is 1270. The number of amides is 2. The second-order valence-electron chi connectivity index (χ2n) is 10.1. The van der Waals surface area contributed by atoms with Crippen LogP contribution in [-0.2, 0) is 11.3 Å². The number of hydrogen-bond acceptors (Lipinski definition) is 3. The summed E-state index contributed by atoms with van der Waals surface area (Å²) >= 11 is 0. The number of aryl methyl sites for hydroxylation is 2. The molecule has 1 aliphatic heterocycles. The topological polar surface area (TPSA) is 63.6 Å². The third-order valence-corrected chi connectivity index (χ3v) is 7.52. The van der Waals surface area contributed by atoms with Crippen LogP contribution in [0, 0.1) is 13.8 Å². The molecule has 34 heavy (non-hydrogen) atoms. The van der Waals surface area contributed by atoms with Crippen LogP contribution in [0.5, 0.6) is 5.75 Å². The third-order valence-electron chi connectivity index (χ3n) is 7.52. The van der Waals surface area contributed by atoms with Gasteiger partial charge in [-0.3, -0.25) is 14.5 Å². The van der Waals surface area contributed by atoms with Crippen molar-refractivity contribution in [3.05, 3.63) is 59.3 Å². The molecule has 2 aromatic carbocycles. The standard InChI is InChI=1S/C28H33N3O3/c1-18-10-13-23(19(2)14-18)31-26(32)25-15-20-11-12-22(34-4)16-24(20)30(25)17-28(31,3)27(33)29-21-8-6-5-7-9-21/h10-16,21H,5-9,17H2,1-4H3,(H,29,33)/t28-/m1/s1. The fraction of sp³-hybridized carbons (Fsp3) is 0.429. The van der Waals surface area contributed by atoms with Crippen molar-refractivity contribution in [1.82, 2.24) is 9.88 Å². The molecule has 1 fully saturated rings. The first kappa shape index (κ1) is 22.5. The van der Waals surface area contributed by atoms with Gasteiger partial charge in [0.1, 0.15) is 17.0 Å². The minimum absolute atomic E-state index is 0.0943. The highest BCUT2D eigenvalue weighted by Crippen LogP contribution is 2.38. The molecule has 1 aliphatic carbocycles. The van der Waals surface area contributed by atoms with Gasteiger partial charge in [-0.05, 0) is 63.4 Å². The van der Waals surface area contributed by atoms with E-state index in [0.717, 1.165) is 59.2 Å². The number of fused-ring (bicyclic) bond motifs is 3. The average molecular weight is 460 g/mol. The second-order valence-corrected chi connectivity index (χ2v) is 10.1. The van der Waals surface area contributed by atoms with Gasteiger partial charge in [-0.2, -0.15) is 0 Å². The predicted molar refractivity (Wildman–Crippen MR) is 135 cm³/mol. The first-order valence-corrected chi connectivity index (χ1v) is 12.2. The number of benzene rings is 2. The zero-order valence-corrected chi connectivity index (χ0v) is 20.5. The molecule has 1 aromatic heterocycles. The zero-order chi connectivity index (χ0) is 24.0. The molecular weight excluding hydrogens is 426 g/mol. The van der Waals surface area contributed by atoms with Gasteiger partial charge in [-0.1, -0.05) is 37.0 Å². The number of aromatic nitrogens is 1. The van der Waals surface area contributed by atoms with Crippen molar-refractivity contribution in [3.8, 4) is 5.75 Å². The van der Waals surface area contributed by atoms with E-state index in [1.807, 2.05) is 61.7 Å². The summed E-state index contributed by atoms with van der Waals surface area (Å²) in [6.45, 7) is 6.31. The number of hydrogen-bond donors (Lipinski definition) is 1. The third kappa shape index (κ3) is 3.65. The highest BCUT2D eigenvalue weighted by atomic mass is 16.5. The van der Waals surface area contributed by atoms with E-state index >= 15 is 0 Å². The van der Waals surface area contributed by atoms with Crippen LogP contribution < -0.4 is 15.0 Å². The van der Waals surface area contributed by atoms with Crippen molar-refractivity contribution in [3.63, 3.8) is 0 Å². The molecule has 2 amide bonds. The lowest BCUT2D eigenvalue weighted by molar-refractivity contribution is -0.127. The van der Waals surface area contributed by atoms with Crippen LogP contribution in [0.25, 0.3) is 10.9 Å². The highest BCUT2D eigenvalue weighted by molar-refractivity contribution is 6.14. The smallest absolute Gasteiger partial charge is 0.275 e. The maximum atomic E-state index is 14.1. The lowest BCUT2D eigenvalue weighted by Gasteiger charge is -2.45. The molecule has 0 radical (unpaired) electrons. The summed E-state index contributed by atoms with van der Waals surface area (Å²) in [5.41, 5.74) is 3.31. The molecule has 5 rings (SSSR count). The van der Waals surface area contributed by atoms with Gasteiger partial charge in [0.2, 0.25) is 5.91 Å². The number of rotatable bonds is 4. The minimum atomic E-state index is -1.07. The van der Waals surface area contributed by atoms with E-state index in [0.29, 0.717) is 12.2 Å². The van der Waals surface area contributed by atoms with Gasteiger partial charge in [0, 0.05) is 23.2 Å². The van der Waals surface area contributed by atoms with Crippen molar-refractivity contribution < 1.29 is 14.3 Å². The van der Waals surface area contributed by atoms with E-state index in [1.165, 1.54) is 6.42 Å². The summed E-state index contributed by atoms with van der Waals surface area (Å²) < 4.78 is 7.43. The summed E-state index contributed by atoms with van der Waals surface area (Å²) in [7, 11) is 1.63. The molecule has 2 aliphatic rings. The van der Waals surface area contributed by atoms with E-state index in [2.05, 4.69) is 11.4 Å². The molecule has 3 aromatic rings. The summed E-state index contributed by atoms with van der Waals surface area (Å²) in [5, 5.41) is 4.26. The van der Waals surface area contributed by atoms with E-state index in [1.54, 1.807) is 12.0 Å². The molecule has 0 unspecified atom stereocenters. The lowest BCUT2D eigenvalue weighted by Crippen LogP contribution is -2.65. The molecule has 0 bridgehead atoms. The molecule has 2 heterocycles. The minimum Gasteiger partial charge on any atom is -0.497 e. The molecule has 6 nitrogen and oxygen atoms in total. The maximum Gasteiger partial charge on any atom is 0.275 e. The molecule has 1 atom stereocenters. The van der Waals surface area contributed by atoms with Crippen molar-refractivity contribution in [2.45, 2.75) is 71.0 Å². The van der Waals surface area contributed by atoms with Crippen molar-refractivity contribution in [2.75, 3.05) is 12.0 Å². The Labute approximate surface area is 200 Å². The summed E-state index contributed by atoms with van der Waals surface area (Å²) in [4.78, 5) is 29.8. The number of carbonyl (C=O) groups excluding carboxylic acids is 2. The summed E-state index contributed by atoms with van der Waals surface area (Å²) in [5.74, 6) is 0.476. The monoisotopic (exact) mass is 459 g/mol. The first-order chi connectivity index (χ1) is 16.3. The Morgan fingerprint density at radius 3 is 2.53 bits per heavy atom. The van der Waals surface area contributed by atoms with Crippen molar-refractivity contribution in [2.24, 2.45) is 0 Å². The van der Waals surface area contributed by atoms with Crippen LogP contribution >= 0.6 is 0 Å². The lowest BCUT2D eigenvalue weighted by atomic mass is 9.90. The van der Waals surface area contributed by atoms with Crippen molar-refractivity contribution >= 4 is 28.4 Å². The van der Waals surface area contributed by atoms with Gasteiger partial charge in [0.15, 0.2) is 0 Å². The van der Waals surface area contributed by atoms with E-state index in [4.69, 9.17) is 4.74 Å². The van der Waals surface area contributed by atoms with Gasteiger partial charge < -0.3 is 14.6 Å². The number of nitrogens with zero attached hydrogens (tertiary/aromatic N) is 2. The SMILES string of the molecule is COc1ccc2cc3n(c2c1)C[C@](C)(C(=O)NC1CCCCC1)N(c1ccc(C)cc1C)C3=O. The van der Waals surface area contributed by atoms with Gasteiger partial charge in [-0.25, -0.2) is 0 Å². The van der Waals surface area contributed by atoms with E-state index in [9.17, 15) is 9.59 Å². The van der Waals surface area contributed by atoms with Crippen LogP contribution in [0.3, 0.4) is 0 Å². The van der Waals surface area contributed by atoms with Crippen molar-refractivity contribution in [1.29, 1.82) is 0 Å². The van der Waals surface area contributed by atoms with Gasteiger partial charge in [0.05, 0.1) is 19.2 Å². The number of anilines is 1. The highest BCUT2D eigenvalue weighted by Gasteiger charge is 2.49. The Kier molecular flexibility index (Phi) is 5.62.